The largest absolute Gasteiger partial charge is 0.461 e. The second-order valence-electron chi connectivity index (χ2n) is 23.3. The van der Waals surface area contributed by atoms with Crippen LogP contribution in [-0.2, 0) is 75.8 Å². The van der Waals surface area contributed by atoms with Crippen LogP contribution in [0.4, 0.5) is 0 Å². The Hall–Kier alpha value is -5.38. The number of hydrogen-bond acceptors (Lipinski definition) is 16. The third-order valence-corrected chi connectivity index (χ3v) is 15.2. The summed E-state index contributed by atoms with van der Waals surface area (Å²) in [5.74, 6) is -0.786. The van der Waals surface area contributed by atoms with Crippen LogP contribution in [0.5, 0.6) is 0 Å². The van der Waals surface area contributed by atoms with E-state index < -0.39 is 41.8 Å². The molecule has 87 heavy (non-hydrogen) atoms. The molecule has 0 bridgehead atoms. The van der Waals surface area contributed by atoms with Crippen molar-refractivity contribution in [1.29, 1.82) is 0 Å². The molecule has 0 amide bonds. The first kappa shape index (κ1) is 74.1. The number of carbonyl (C=O) groups is 2. The summed E-state index contributed by atoms with van der Waals surface area (Å²) in [7, 11) is 5.33. The summed E-state index contributed by atoms with van der Waals surface area (Å²) in [5.41, 5.74) is -0.371. The van der Waals surface area contributed by atoms with Gasteiger partial charge in [0.1, 0.15) is 61.7 Å². The zero-order valence-corrected chi connectivity index (χ0v) is 54.4. The lowest BCUT2D eigenvalue weighted by atomic mass is 10.0. The summed E-state index contributed by atoms with van der Waals surface area (Å²) < 4.78 is 48.2. The van der Waals surface area contributed by atoms with E-state index in [1.165, 1.54) is 110 Å². The van der Waals surface area contributed by atoms with Gasteiger partial charge in [0.25, 0.3) is 5.56 Å². The molecule has 0 unspecified atom stereocenters. The van der Waals surface area contributed by atoms with Gasteiger partial charge in [0.2, 0.25) is 0 Å². The predicted molar refractivity (Wildman–Crippen MR) is 341 cm³/mol. The van der Waals surface area contributed by atoms with Crippen LogP contribution in [0.15, 0.2) is 82.9 Å². The molecule has 1 aliphatic rings. The number of nitrogens with zero attached hydrogens (tertiary/aromatic N) is 9. The van der Waals surface area contributed by atoms with Gasteiger partial charge in [0, 0.05) is 25.9 Å². The number of esters is 2. The maximum atomic E-state index is 14.2. The summed E-state index contributed by atoms with van der Waals surface area (Å²) >= 11 is 0. The smallest absolute Gasteiger partial charge is 0.335 e. The monoisotopic (exact) mass is 1220 g/mol. The molecule has 0 radical (unpaired) electrons. The number of allylic oxidation sites excluding steroid dienone is 8. The van der Waals surface area contributed by atoms with Crippen molar-refractivity contribution in [3.8, 4) is 0 Å². The Balaban J connectivity index is 1.49. The molecule has 3 aromatic rings. The van der Waals surface area contributed by atoms with E-state index in [-0.39, 0.29) is 64.4 Å². The van der Waals surface area contributed by atoms with Crippen molar-refractivity contribution in [1.82, 2.24) is 44.0 Å². The van der Waals surface area contributed by atoms with E-state index in [0.717, 1.165) is 107 Å². The van der Waals surface area contributed by atoms with Crippen LogP contribution in [0, 0.1) is 0 Å². The van der Waals surface area contributed by atoms with E-state index in [9.17, 15) is 19.2 Å². The van der Waals surface area contributed by atoms with Gasteiger partial charge in [-0.15, -0.1) is 10.2 Å². The molecule has 0 spiro atoms. The fraction of sp³-hybridized carbons (Fsp3) is 0.731. The molecular formula is C67H111N9O11. The Morgan fingerprint density at radius 3 is 1.40 bits per heavy atom. The number of methoxy groups -OCH3 is 1. The third kappa shape index (κ3) is 31.6. The van der Waals surface area contributed by atoms with Gasteiger partial charge < -0.3 is 38.1 Å². The fourth-order valence-corrected chi connectivity index (χ4v) is 10.4. The molecule has 0 N–H and O–H groups in total. The van der Waals surface area contributed by atoms with Crippen molar-refractivity contribution in [2.75, 3.05) is 41.0 Å². The molecule has 1 saturated heterocycles. The maximum absolute atomic E-state index is 14.2. The standard InChI is InChI=1S/C67H111N9O11/c1-8-12-16-20-24-28-32-36-40-58(41-37-33-29-25-21-17-13-9-2)85-62(78)51-73-48-56(68-70-73)53-83-64-60(50-72(5)6)87-66(75-45-44-61(77)76(67(75)80)55-82-47-46-81-7)65(64)84-54-57-49-74(71-69-57)52-63(79)86-59(42-38-34-30-26-22-18-14-10-3)43-39-35-31-27-23-19-15-11-4/h24-31,44-45,48-49,58-60,64-66H,8-23,32-43,46-47,50-55H2,1-7H3/b28-24-,29-25-,30-26-,31-27-/t60-,64-,65-,66-/m1/s1. The molecule has 4 atom stereocenters. The van der Waals surface area contributed by atoms with Crippen molar-refractivity contribution < 1.29 is 42.7 Å². The van der Waals surface area contributed by atoms with Gasteiger partial charge in [-0.1, -0.05) is 138 Å². The van der Waals surface area contributed by atoms with Gasteiger partial charge in [-0.2, -0.15) is 0 Å². The third-order valence-electron chi connectivity index (χ3n) is 15.2. The molecular weight excluding hydrogens is 1110 g/mol. The van der Waals surface area contributed by atoms with Crippen LogP contribution < -0.4 is 11.2 Å². The first-order valence-electron chi connectivity index (χ1n) is 33.2. The minimum absolute atomic E-state index is 0.0490. The molecule has 4 heterocycles. The highest BCUT2D eigenvalue weighted by Gasteiger charge is 2.48. The zero-order valence-electron chi connectivity index (χ0n) is 54.4. The Kier molecular flexibility index (Phi) is 39.8. The molecule has 1 aliphatic heterocycles. The van der Waals surface area contributed by atoms with Crippen LogP contribution in [0.2, 0.25) is 0 Å². The second-order valence-corrected chi connectivity index (χ2v) is 23.3. The zero-order chi connectivity index (χ0) is 62.5. The van der Waals surface area contributed by atoms with Gasteiger partial charge in [0.05, 0.1) is 38.8 Å². The van der Waals surface area contributed by atoms with Crippen LogP contribution in [0.25, 0.3) is 0 Å². The average Bonchev–Trinajstić information content (AvgIpc) is 1.89. The van der Waals surface area contributed by atoms with Crippen molar-refractivity contribution >= 4 is 11.9 Å². The normalized spacial score (nSPS) is 16.5. The lowest BCUT2D eigenvalue weighted by Crippen LogP contribution is -2.44. The van der Waals surface area contributed by atoms with Gasteiger partial charge in [-0.25, -0.2) is 18.7 Å². The van der Waals surface area contributed by atoms with Gasteiger partial charge in [-0.05, 0) is 143 Å². The Bertz CT molecular complexity index is 2470. The number of ether oxygens (including phenoxy) is 7. The molecule has 0 aromatic carbocycles. The highest BCUT2D eigenvalue weighted by Crippen LogP contribution is 2.34. The summed E-state index contributed by atoms with van der Waals surface area (Å²) in [4.78, 5) is 56.3. The maximum Gasteiger partial charge on any atom is 0.335 e. The number of hydrogen-bond donors (Lipinski definition) is 0. The number of rotatable bonds is 52. The van der Waals surface area contributed by atoms with Crippen molar-refractivity contribution in [3.63, 3.8) is 0 Å². The Labute approximate surface area is 520 Å². The number of unbranched alkanes of at least 4 members (excludes halogenated alkanes) is 16. The highest BCUT2D eigenvalue weighted by atomic mass is 16.6. The number of aromatic nitrogens is 8. The van der Waals surface area contributed by atoms with E-state index >= 15 is 0 Å². The highest BCUT2D eigenvalue weighted by molar-refractivity contribution is 5.69. The van der Waals surface area contributed by atoms with Crippen molar-refractivity contribution in [2.45, 2.75) is 277 Å². The first-order valence-corrected chi connectivity index (χ1v) is 33.2. The molecule has 20 nitrogen and oxygen atoms in total. The summed E-state index contributed by atoms with van der Waals surface area (Å²) in [6, 6.07) is 1.28. The summed E-state index contributed by atoms with van der Waals surface area (Å²) in [6.45, 7) is 8.94. The van der Waals surface area contributed by atoms with E-state index in [1.54, 1.807) is 12.4 Å². The number of likely N-dealkylation sites (N-methyl/N-ethyl adjacent to an activating group) is 1. The summed E-state index contributed by atoms with van der Waals surface area (Å²) in [5, 5.41) is 17.3. The van der Waals surface area contributed by atoms with Crippen molar-refractivity contribution in [2.24, 2.45) is 0 Å². The van der Waals surface area contributed by atoms with E-state index in [4.69, 9.17) is 33.2 Å². The minimum Gasteiger partial charge on any atom is -0.461 e. The fourth-order valence-electron chi connectivity index (χ4n) is 10.4. The molecule has 0 aliphatic carbocycles. The second kappa shape index (κ2) is 46.7. The molecule has 1 fully saturated rings. The van der Waals surface area contributed by atoms with Gasteiger partial charge >= 0.3 is 17.6 Å². The Morgan fingerprint density at radius 2 is 1.00 bits per heavy atom. The average molecular weight is 1220 g/mol. The SMILES string of the molecule is CCCCC/C=C\CCCC(CCC/C=C\CCCCC)OC(=O)Cn1cc(CO[C@@H]2[C@H](OCc3cn(CC(=O)OC(CCC/C=C\CCCCC)CCC/C=C\CCCCC)nn3)[C@@H](CN(C)C)O[C@H]2n2ccc(=O)n(COCCOC)c2=O)nn1. The lowest BCUT2D eigenvalue weighted by molar-refractivity contribution is -0.151. The van der Waals surface area contributed by atoms with Crippen LogP contribution in [-0.4, -0.2) is 127 Å². The topological polar surface area (TPSA) is 207 Å². The minimum atomic E-state index is -1.09. The molecule has 20 heteroatoms. The Morgan fingerprint density at radius 1 is 0.586 bits per heavy atom. The number of carbonyl (C=O) groups excluding carboxylic acids is 2. The predicted octanol–water partition coefficient (Wildman–Crippen LogP) is 12.5. The van der Waals surface area contributed by atoms with E-state index in [1.807, 2.05) is 19.0 Å². The molecule has 4 rings (SSSR count). The van der Waals surface area contributed by atoms with Crippen LogP contribution in [0.3, 0.4) is 0 Å². The van der Waals surface area contributed by atoms with E-state index in [2.05, 4.69) is 96.9 Å². The first-order chi connectivity index (χ1) is 42.5. The van der Waals surface area contributed by atoms with E-state index in [0.29, 0.717) is 17.9 Å². The van der Waals surface area contributed by atoms with Crippen LogP contribution >= 0.6 is 0 Å². The molecule has 490 valence electrons. The van der Waals surface area contributed by atoms with Crippen LogP contribution in [0.1, 0.15) is 225 Å². The molecule has 0 saturated carbocycles. The quantitative estimate of drug-likeness (QED) is 0.0292. The van der Waals surface area contributed by atoms with Gasteiger partial charge in [-0.3, -0.25) is 19.0 Å². The molecule has 3 aromatic heterocycles. The lowest BCUT2D eigenvalue weighted by Gasteiger charge is -2.26. The summed E-state index contributed by atoms with van der Waals surface area (Å²) in [6.07, 6.45) is 48.3. The van der Waals surface area contributed by atoms with Crippen molar-refractivity contribution in [3.05, 3.63) is 105 Å². The van der Waals surface area contributed by atoms with Gasteiger partial charge in [0.15, 0.2) is 6.23 Å².